The average molecular weight is 494 g/mol. The Hall–Kier alpha value is -3.11. The predicted molar refractivity (Wildman–Crippen MR) is 138 cm³/mol. The Balaban J connectivity index is 2.03. The number of aromatic hydroxyl groups is 1. The SMILES string of the molecule is [B]=C1C(C(N)=O)=C(O)[C@@H](N(C)C)[C@@H]2C[C@H]3C(=C(O)c4c(O)cc(CC)c(N(C)C)c4[C@@H]3C)C(=O)[C@]12O. The van der Waals surface area contributed by atoms with Gasteiger partial charge in [-0.2, -0.15) is 0 Å². The summed E-state index contributed by atoms with van der Waals surface area (Å²) in [6.07, 6.45) is 0.818. The van der Waals surface area contributed by atoms with Crippen molar-refractivity contribution < 1.29 is 30.0 Å². The second-order valence-electron chi connectivity index (χ2n) is 10.5. The molecule has 0 unspecified atom stereocenters. The number of aliphatic hydroxyl groups excluding tert-OH is 2. The Morgan fingerprint density at radius 1 is 1.22 bits per heavy atom. The van der Waals surface area contributed by atoms with Gasteiger partial charge in [-0.3, -0.25) is 0 Å². The number of likely N-dealkylation sites (N-methyl/N-ethyl adjacent to an activating group) is 1. The maximum absolute atomic E-state index is 14.1. The van der Waals surface area contributed by atoms with Gasteiger partial charge in [0, 0.05) is 0 Å². The number of carbonyl (C=O) groups excluding carboxylic acids is 2. The summed E-state index contributed by atoms with van der Waals surface area (Å²) in [6, 6.07) is 0.660. The van der Waals surface area contributed by atoms with Crippen LogP contribution in [-0.2, 0) is 16.0 Å². The van der Waals surface area contributed by atoms with E-state index in [2.05, 4.69) is 0 Å². The Morgan fingerprint density at radius 2 is 1.83 bits per heavy atom. The summed E-state index contributed by atoms with van der Waals surface area (Å²) in [6.45, 7) is 3.89. The van der Waals surface area contributed by atoms with Crippen molar-refractivity contribution >= 4 is 36.1 Å². The Labute approximate surface area is 211 Å². The first-order chi connectivity index (χ1) is 16.7. The van der Waals surface area contributed by atoms with Crippen molar-refractivity contribution in [2.75, 3.05) is 33.1 Å². The van der Waals surface area contributed by atoms with Crippen molar-refractivity contribution in [3.05, 3.63) is 39.7 Å². The van der Waals surface area contributed by atoms with Crippen LogP contribution in [0.3, 0.4) is 0 Å². The molecule has 0 heterocycles. The number of phenolic OH excluding ortho intramolecular Hbond substituents is 1. The van der Waals surface area contributed by atoms with Crippen molar-refractivity contribution in [1.29, 1.82) is 0 Å². The van der Waals surface area contributed by atoms with E-state index in [0.29, 0.717) is 12.0 Å². The van der Waals surface area contributed by atoms with Crippen molar-refractivity contribution in [2.24, 2.45) is 17.6 Å². The molecule has 4 rings (SSSR count). The molecule has 10 heteroatoms. The number of hydrogen-bond donors (Lipinski definition) is 5. The number of aliphatic hydroxyl groups is 3. The summed E-state index contributed by atoms with van der Waals surface area (Å²) >= 11 is 0. The molecule has 1 aromatic carbocycles. The molecule has 0 spiro atoms. The van der Waals surface area contributed by atoms with Gasteiger partial charge in [0.05, 0.1) is 0 Å². The Kier molecular flexibility index (Phi) is 6.12. The summed E-state index contributed by atoms with van der Waals surface area (Å²) in [5.74, 6) is -4.69. The fourth-order valence-corrected chi connectivity index (χ4v) is 6.61. The molecule has 191 valence electrons. The zero-order chi connectivity index (χ0) is 27.0. The fraction of sp³-hybridized carbons (Fsp3) is 0.500. The average Bonchev–Trinajstić information content (AvgIpc) is 2.78. The first-order valence-corrected chi connectivity index (χ1v) is 12.0. The standard InChI is InChI=1S/C26H33BN3O6/c1-7-11-8-14(31)17-15(19(11)29(3)4)10(2)12-9-13-20(30(5)6)22(33)18(25(28)35)23(27)26(13,36)24(34)16(12)21(17)32/h8,10,12-13,20,31-33,36H,7,9H2,1-6H3,(H2,28,35)/t10-,12-,13+,20+,26-/m1/s1. The van der Waals surface area contributed by atoms with E-state index in [1.165, 1.54) is 0 Å². The summed E-state index contributed by atoms with van der Waals surface area (Å²) in [7, 11) is 13.3. The van der Waals surface area contributed by atoms with Crippen LogP contribution >= 0.6 is 0 Å². The first kappa shape index (κ1) is 26.0. The molecule has 6 N–H and O–H groups in total. The number of ketones is 1. The number of aryl methyl sites for hydroxylation is 1. The summed E-state index contributed by atoms with van der Waals surface area (Å²) in [5.41, 5.74) is 4.63. The number of amides is 1. The molecule has 0 aromatic heterocycles. The molecular weight excluding hydrogens is 461 g/mol. The molecule has 1 amide bonds. The van der Waals surface area contributed by atoms with Crippen molar-refractivity contribution in [1.82, 2.24) is 4.90 Å². The van der Waals surface area contributed by atoms with Crippen LogP contribution in [0.1, 0.15) is 42.9 Å². The molecule has 3 aliphatic rings. The number of nitrogens with zero attached hydrogens (tertiary/aromatic N) is 2. The number of phenols is 1. The molecular formula is C26H33BN3O6. The normalized spacial score (nSPS) is 29.8. The predicted octanol–water partition coefficient (Wildman–Crippen LogP) is 0.925. The van der Waals surface area contributed by atoms with E-state index in [-0.39, 0.29) is 29.2 Å². The number of hydrogen-bond acceptors (Lipinski definition) is 8. The third-order valence-corrected chi connectivity index (χ3v) is 8.18. The second-order valence-corrected chi connectivity index (χ2v) is 10.5. The molecule has 1 saturated carbocycles. The molecule has 1 radical (unpaired) electrons. The van der Waals surface area contributed by atoms with Gasteiger partial charge < -0.3 is 0 Å². The topological polar surface area (TPSA) is 148 Å². The van der Waals surface area contributed by atoms with Crippen LogP contribution in [-0.4, -0.2) is 89.8 Å². The van der Waals surface area contributed by atoms with Crippen LogP contribution in [0, 0.1) is 11.8 Å². The zero-order valence-corrected chi connectivity index (χ0v) is 21.5. The van der Waals surface area contributed by atoms with Crippen LogP contribution in [0.25, 0.3) is 5.76 Å². The van der Waals surface area contributed by atoms with Gasteiger partial charge in [-0.25, -0.2) is 0 Å². The van der Waals surface area contributed by atoms with Gasteiger partial charge in [0.25, 0.3) is 0 Å². The Morgan fingerprint density at radius 3 is 2.33 bits per heavy atom. The molecule has 0 aliphatic heterocycles. The van der Waals surface area contributed by atoms with Crippen LogP contribution in [0.2, 0.25) is 0 Å². The number of rotatable bonds is 4. The number of primary amides is 1. The van der Waals surface area contributed by atoms with Gasteiger partial charge in [0.15, 0.2) is 0 Å². The molecule has 3 aliphatic carbocycles. The maximum atomic E-state index is 14.1. The Bertz CT molecular complexity index is 1270. The third-order valence-electron chi connectivity index (χ3n) is 8.18. The molecule has 5 atom stereocenters. The molecule has 1 fully saturated rings. The van der Waals surface area contributed by atoms with Gasteiger partial charge in [-0.1, -0.05) is 0 Å². The first-order valence-electron chi connectivity index (χ1n) is 12.0. The van der Waals surface area contributed by atoms with E-state index in [1.807, 2.05) is 32.8 Å². The third kappa shape index (κ3) is 3.20. The minimum atomic E-state index is -2.38. The number of carbonyl (C=O) groups is 2. The molecule has 9 nitrogen and oxygen atoms in total. The minimum absolute atomic E-state index is 0.0522. The van der Waals surface area contributed by atoms with Gasteiger partial charge in [-0.15, -0.1) is 0 Å². The van der Waals surface area contributed by atoms with Gasteiger partial charge in [0.2, 0.25) is 0 Å². The van der Waals surface area contributed by atoms with E-state index in [1.54, 1.807) is 25.1 Å². The van der Waals surface area contributed by atoms with Gasteiger partial charge in [-0.05, 0) is 0 Å². The summed E-state index contributed by atoms with van der Waals surface area (Å²) in [5, 5.41) is 45.2. The molecule has 36 heavy (non-hydrogen) atoms. The number of nitrogens with two attached hydrogens (primary N) is 1. The quantitative estimate of drug-likeness (QED) is 0.389. The number of anilines is 1. The van der Waals surface area contributed by atoms with Crippen LogP contribution in [0.15, 0.2) is 23.0 Å². The molecule has 0 saturated heterocycles. The van der Waals surface area contributed by atoms with Crippen molar-refractivity contribution in [2.45, 2.75) is 44.2 Å². The fourth-order valence-electron chi connectivity index (χ4n) is 6.61. The van der Waals surface area contributed by atoms with E-state index >= 15 is 0 Å². The number of Topliss-reactive ketones (excluding diaryl/α,β-unsaturated/α-hetero) is 1. The van der Waals surface area contributed by atoms with E-state index in [0.717, 1.165) is 11.3 Å². The monoisotopic (exact) mass is 494 g/mol. The van der Waals surface area contributed by atoms with E-state index in [9.17, 15) is 30.0 Å². The molecule has 1 aromatic rings. The molecule has 0 bridgehead atoms. The van der Waals surface area contributed by atoms with Crippen LogP contribution in [0.4, 0.5) is 5.69 Å². The van der Waals surface area contributed by atoms with Crippen molar-refractivity contribution in [3.63, 3.8) is 0 Å². The van der Waals surface area contributed by atoms with E-state index < -0.39 is 57.7 Å². The zero-order valence-electron chi connectivity index (χ0n) is 21.5. The van der Waals surface area contributed by atoms with Crippen molar-refractivity contribution in [3.8, 4) is 5.75 Å². The second kappa shape index (κ2) is 8.49. The summed E-state index contributed by atoms with van der Waals surface area (Å²) < 4.78 is 0. The van der Waals surface area contributed by atoms with E-state index in [4.69, 9.17) is 13.2 Å². The van der Waals surface area contributed by atoms with Gasteiger partial charge in [0.1, 0.15) is 0 Å². The van der Waals surface area contributed by atoms with Gasteiger partial charge >= 0.3 is 211 Å². The van der Waals surface area contributed by atoms with Crippen LogP contribution < -0.4 is 10.6 Å². The number of fused-ring (bicyclic) bond motifs is 3. The summed E-state index contributed by atoms with van der Waals surface area (Å²) in [4.78, 5) is 29.8. The number of benzene rings is 1. The van der Waals surface area contributed by atoms with Crippen LogP contribution in [0.5, 0.6) is 5.75 Å².